The van der Waals surface area contributed by atoms with Crippen LogP contribution in [0.1, 0.15) is 30.8 Å². The molecular weight excluding hydrogens is 134 g/mol. The van der Waals surface area contributed by atoms with Gasteiger partial charge in [0.15, 0.2) is 0 Å². The molecule has 0 radical (unpaired) electrons. The predicted octanol–water partition coefficient (Wildman–Crippen LogP) is 2.51. The average molecular weight is 149 g/mol. The molecule has 0 unspecified atom stereocenters. The van der Waals surface area contributed by atoms with Crippen molar-refractivity contribution in [1.29, 1.82) is 0 Å². The molecule has 0 saturated heterocycles. The third-order valence-corrected chi connectivity index (χ3v) is 1.80. The van der Waals surface area contributed by atoms with Crippen molar-refractivity contribution in [2.45, 2.75) is 33.6 Å². The largest absolute Gasteiger partial charge is 0.258 e. The fourth-order valence-electron chi connectivity index (χ4n) is 1.18. The highest BCUT2D eigenvalue weighted by Crippen LogP contribution is 2.05. The van der Waals surface area contributed by atoms with E-state index in [4.69, 9.17) is 0 Å². The summed E-state index contributed by atoms with van der Waals surface area (Å²) in [7, 11) is 0. The number of hydrogen-bond acceptors (Lipinski definition) is 1. The molecule has 0 atom stereocenters. The molecule has 1 rings (SSSR count). The number of hydrogen-bond donors (Lipinski definition) is 0. The van der Waals surface area contributed by atoms with E-state index in [-0.39, 0.29) is 0 Å². The molecule has 0 N–H and O–H groups in total. The summed E-state index contributed by atoms with van der Waals surface area (Å²) in [5.74, 6) is 0. The molecule has 0 saturated carbocycles. The van der Waals surface area contributed by atoms with Crippen LogP contribution in [0.5, 0.6) is 0 Å². The topological polar surface area (TPSA) is 12.9 Å². The lowest BCUT2D eigenvalue weighted by atomic mass is 10.1. The number of nitrogens with zero attached hydrogens (tertiary/aromatic N) is 1. The second kappa shape index (κ2) is 3.51. The van der Waals surface area contributed by atoms with Crippen LogP contribution in [-0.2, 0) is 12.8 Å². The van der Waals surface area contributed by atoms with Crippen molar-refractivity contribution in [1.82, 2.24) is 4.98 Å². The smallest absolute Gasteiger partial charge is 0.0406 e. The maximum absolute atomic E-state index is 4.47. The van der Waals surface area contributed by atoms with Crippen molar-refractivity contribution >= 4 is 0 Å². The Hall–Kier alpha value is -0.850. The van der Waals surface area contributed by atoms with Gasteiger partial charge < -0.3 is 0 Å². The van der Waals surface area contributed by atoms with Gasteiger partial charge in [-0.25, -0.2) is 0 Å². The fourth-order valence-corrected chi connectivity index (χ4v) is 1.18. The van der Waals surface area contributed by atoms with E-state index in [1.54, 1.807) is 0 Å². The summed E-state index contributed by atoms with van der Waals surface area (Å²) >= 11 is 0. The zero-order valence-corrected chi connectivity index (χ0v) is 7.52. The fraction of sp³-hybridized carbons (Fsp3) is 0.500. The maximum Gasteiger partial charge on any atom is 0.0406 e. The zero-order valence-electron chi connectivity index (χ0n) is 7.52. The highest BCUT2D eigenvalue weighted by Gasteiger charge is 1.95. The van der Waals surface area contributed by atoms with Gasteiger partial charge in [-0.05, 0) is 37.5 Å². The molecule has 0 aliphatic carbocycles. The first-order valence-corrected chi connectivity index (χ1v) is 4.22. The van der Waals surface area contributed by atoms with Crippen LogP contribution in [0.2, 0.25) is 0 Å². The van der Waals surface area contributed by atoms with E-state index in [1.807, 2.05) is 0 Å². The molecule has 1 nitrogen and oxygen atoms in total. The van der Waals surface area contributed by atoms with Gasteiger partial charge in [-0.3, -0.25) is 4.98 Å². The molecule has 0 aromatic carbocycles. The third kappa shape index (κ3) is 2.04. The molecule has 60 valence electrons. The molecule has 1 aromatic heterocycles. The molecule has 1 heteroatoms. The van der Waals surface area contributed by atoms with Gasteiger partial charge in [0, 0.05) is 11.4 Å². The van der Waals surface area contributed by atoms with E-state index in [1.165, 1.54) is 17.0 Å². The number of aromatic nitrogens is 1. The lowest BCUT2D eigenvalue weighted by Crippen LogP contribution is -1.94. The normalized spacial score (nSPS) is 10.1. The lowest BCUT2D eigenvalue weighted by Gasteiger charge is -2.01. The van der Waals surface area contributed by atoms with Crippen molar-refractivity contribution in [3.05, 3.63) is 29.1 Å². The van der Waals surface area contributed by atoms with Gasteiger partial charge >= 0.3 is 0 Å². The average Bonchev–Trinajstić information content (AvgIpc) is 2.03. The number of aryl methyl sites for hydroxylation is 3. The van der Waals surface area contributed by atoms with E-state index in [0.29, 0.717) is 0 Å². The van der Waals surface area contributed by atoms with E-state index in [0.717, 1.165) is 12.8 Å². The van der Waals surface area contributed by atoms with Crippen molar-refractivity contribution in [3.63, 3.8) is 0 Å². The van der Waals surface area contributed by atoms with Gasteiger partial charge in [0.05, 0.1) is 0 Å². The zero-order chi connectivity index (χ0) is 8.27. The van der Waals surface area contributed by atoms with Crippen molar-refractivity contribution < 1.29 is 0 Å². The van der Waals surface area contributed by atoms with Crippen LogP contribution in [-0.4, -0.2) is 4.98 Å². The minimum absolute atomic E-state index is 1.04. The SMILES string of the molecule is CCc1cc(C)cc(CC)n1. The van der Waals surface area contributed by atoms with E-state index in [9.17, 15) is 0 Å². The first-order valence-electron chi connectivity index (χ1n) is 4.22. The minimum Gasteiger partial charge on any atom is -0.258 e. The second-order valence-corrected chi connectivity index (χ2v) is 2.83. The van der Waals surface area contributed by atoms with Crippen LogP contribution in [0.4, 0.5) is 0 Å². The van der Waals surface area contributed by atoms with Crippen molar-refractivity contribution in [3.8, 4) is 0 Å². The molecule has 1 heterocycles. The summed E-state index contributed by atoms with van der Waals surface area (Å²) in [6, 6.07) is 4.30. The molecule has 0 aliphatic rings. The van der Waals surface area contributed by atoms with Gasteiger partial charge in [-0.2, -0.15) is 0 Å². The van der Waals surface area contributed by atoms with Gasteiger partial charge in [0.2, 0.25) is 0 Å². The monoisotopic (exact) mass is 149 g/mol. The molecule has 0 amide bonds. The Morgan fingerprint density at radius 1 is 1.09 bits per heavy atom. The van der Waals surface area contributed by atoms with Crippen LogP contribution in [0.15, 0.2) is 12.1 Å². The highest BCUT2D eigenvalue weighted by atomic mass is 14.7. The molecule has 0 spiro atoms. The van der Waals surface area contributed by atoms with Crippen LogP contribution < -0.4 is 0 Å². The summed E-state index contributed by atoms with van der Waals surface area (Å²) in [6.07, 6.45) is 2.07. The summed E-state index contributed by atoms with van der Waals surface area (Å²) in [4.78, 5) is 4.47. The Balaban J connectivity index is 3.02. The second-order valence-electron chi connectivity index (χ2n) is 2.83. The predicted molar refractivity (Wildman–Crippen MR) is 47.7 cm³/mol. The molecule has 0 fully saturated rings. The summed E-state index contributed by atoms with van der Waals surface area (Å²) < 4.78 is 0. The maximum atomic E-state index is 4.47. The van der Waals surface area contributed by atoms with Gasteiger partial charge in [-0.15, -0.1) is 0 Å². The Bertz CT molecular complexity index is 218. The third-order valence-electron chi connectivity index (χ3n) is 1.80. The summed E-state index contributed by atoms with van der Waals surface area (Å²) in [5.41, 5.74) is 3.75. The van der Waals surface area contributed by atoms with Crippen LogP contribution in [0.25, 0.3) is 0 Å². The van der Waals surface area contributed by atoms with Crippen molar-refractivity contribution in [2.24, 2.45) is 0 Å². The van der Waals surface area contributed by atoms with E-state index in [2.05, 4.69) is 37.9 Å². The van der Waals surface area contributed by atoms with Crippen LogP contribution >= 0.6 is 0 Å². The molecular formula is C10H15N. The number of pyridine rings is 1. The van der Waals surface area contributed by atoms with Gasteiger partial charge in [0.1, 0.15) is 0 Å². The van der Waals surface area contributed by atoms with Gasteiger partial charge in [-0.1, -0.05) is 13.8 Å². The molecule has 0 bridgehead atoms. The Morgan fingerprint density at radius 2 is 1.55 bits per heavy atom. The lowest BCUT2D eigenvalue weighted by molar-refractivity contribution is 0.947. The van der Waals surface area contributed by atoms with Crippen LogP contribution in [0, 0.1) is 6.92 Å². The summed E-state index contributed by atoms with van der Waals surface area (Å²) in [5, 5.41) is 0. The van der Waals surface area contributed by atoms with Crippen LogP contribution in [0.3, 0.4) is 0 Å². The first kappa shape index (κ1) is 8.25. The first-order chi connectivity index (χ1) is 5.26. The Labute approximate surface area is 68.5 Å². The Morgan fingerprint density at radius 3 is 1.91 bits per heavy atom. The van der Waals surface area contributed by atoms with Gasteiger partial charge in [0.25, 0.3) is 0 Å². The number of rotatable bonds is 2. The highest BCUT2D eigenvalue weighted by molar-refractivity contribution is 5.20. The van der Waals surface area contributed by atoms with Crippen molar-refractivity contribution in [2.75, 3.05) is 0 Å². The van der Waals surface area contributed by atoms with E-state index < -0.39 is 0 Å². The molecule has 1 aromatic rings. The molecule has 11 heavy (non-hydrogen) atoms. The quantitative estimate of drug-likeness (QED) is 0.629. The summed E-state index contributed by atoms with van der Waals surface area (Å²) in [6.45, 7) is 6.41. The van der Waals surface area contributed by atoms with E-state index >= 15 is 0 Å². The molecule has 0 aliphatic heterocycles. The Kier molecular flexibility index (Phi) is 2.64. The standard InChI is InChI=1S/C10H15N/c1-4-9-6-8(3)7-10(5-2)11-9/h6-7H,4-5H2,1-3H3. The minimum atomic E-state index is 1.04.